The Hall–Kier alpha value is -1.64. The number of amides is 2. The smallest absolute Gasteiger partial charge is 0.315 e. The lowest BCUT2D eigenvalue weighted by molar-refractivity contribution is 0.217. The topological polar surface area (TPSA) is 114 Å². The van der Waals surface area contributed by atoms with Gasteiger partial charge in [0, 0.05) is 6.54 Å². The zero-order valence-corrected chi connectivity index (χ0v) is 13.9. The third-order valence-electron chi connectivity index (χ3n) is 3.69. The van der Waals surface area contributed by atoms with Crippen LogP contribution in [0, 0.1) is 6.92 Å². The molecular weight excluding hydrogens is 308 g/mol. The Labute approximate surface area is 130 Å². The molecule has 8 nitrogen and oxygen atoms in total. The van der Waals surface area contributed by atoms with E-state index in [9.17, 15) is 13.2 Å². The van der Waals surface area contributed by atoms with Crippen molar-refractivity contribution in [1.29, 1.82) is 0 Å². The Morgan fingerprint density at radius 3 is 2.73 bits per heavy atom. The number of hydrogen-bond acceptors (Lipinski definition) is 6. The summed E-state index contributed by atoms with van der Waals surface area (Å²) >= 11 is 0. The number of urea groups is 1. The molecular formula is C13H22N4O4S. The molecule has 1 atom stereocenters. The number of carbonyl (C=O) groups excluding carboxylic acids is 1. The summed E-state index contributed by atoms with van der Waals surface area (Å²) in [7, 11) is -3.10. The van der Waals surface area contributed by atoms with Gasteiger partial charge in [-0.25, -0.2) is 13.2 Å². The van der Waals surface area contributed by atoms with Crippen LogP contribution in [-0.2, 0) is 15.4 Å². The Morgan fingerprint density at radius 2 is 2.14 bits per heavy atom. The quantitative estimate of drug-likeness (QED) is 0.847. The first-order valence-electron chi connectivity index (χ1n) is 7.29. The monoisotopic (exact) mass is 330 g/mol. The number of aromatic nitrogens is 2. The van der Waals surface area contributed by atoms with Crippen molar-refractivity contribution in [2.45, 2.75) is 50.8 Å². The van der Waals surface area contributed by atoms with Crippen LogP contribution in [0.25, 0.3) is 0 Å². The fourth-order valence-corrected chi connectivity index (χ4v) is 4.19. The average molecular weight is 330 g/mol. The Kier molecular flexibility index (Phi) is 4.74. The van der Waals surface area contributed by atoms with Crippen LogP contribution < -0.4 is 10.6 Å². The van der Waals surface area contributed by atoms with Gasteiger partial charge in [0.25, 0.3) is 5.89 Å². The van der Waals surface area contributed by atoms with E-state index in [4.69, 9.17) is 4.52 Å². The van der Waals surface area contributed by atoms with Crippen molar-refractivity contribution in [1.82, 2.24) is 20.8 Å². The first-order valence-corrected chi connectivity index (χ1v) is 9.00. The molecule has 9 heteroatoms. The van der Waals surface area contributed by atoms with E-state index in [0.29, 0.717) is 24.6 Å². The zero-order valence-electron chi connectivity index (χ0n) is 13.0. The Morgan fingerprint density at radius 1 is 1.41 bits per heavy atom. The van der Waals surface area contributed by atoms with Gasteiger partial charge < -0.3 is 15.2 Å². The van der Waals surface area contributed by atoms with Gasteiger partial charge in [-0.2, -0.15) is 4.98 Å². The molecule has 0 aliphatic carbocycles. The standard InChI is InChI=1S/C13H22N4O4S/c1-9-15-11(21-17-9)13(2,3)16-12(18)14-8-10-6-4-5-7-22(10,19)20/h10H,4-8H2,1-3H3,(H2,14,16,18). The lowest BCUT2D eigenvalue weighted by Crippen LogP contribution is -2.49. The van der Waals surface area contributed by atoms with Crippen molar-refractivity contribution in [3.63, 3.8) is 0 Å². The molecule has 2 rings (SSSR count). The summed E-state index contributed by atoms with van der Waals surface area (Å²) in [6, 6.07) is -0.457. The molecule has 22 heavy (non-hydrogen) atoms. The third-order valence-corrected chi connectivity index (χ3v) is 5.97. The molecule has 1 saturated heterocycles. The maximum atomic E-state index is 12.0. The maximum absolute atomic E-state index is 12.0. The van der Waals surface area contributed by atoms with E-state index in [1.165, 1.54) is 0 Å². The highest BCUT2D eigenvalue weighted by Crippen LogP contribution is 2.19. The highest BCUT2D eigenvalue weighted by Gasteiger charge is 2.31. The molecule has 2 N–H and O–H groups in total. The Balaban J connectivity index is 1.90. The van der Waals surface area contributed by atoms with Gasteiger partial charge in [-0.3, -0.25) is 0 Å². The summed E-state index contributed by atoms with van der Waals surface area (Å²) in [6.45, 7) is 5.28. The fraction of sp³-hybridized carbons (Fsp3) is 0.769. The molecule has 0 bridgehead atoms. The van der Waals surface area contributed by atoms with Crippen LogP contribution in [-0.4, -0.2) is 42.1 Å². The first-order chi connectivity index (χ1) is 10.2. The number of rotatable bonds is 4. The highest BCUT2D eigenvalue weighted by molar-refractivity contribution is 7.92. The molecule has 2 heterocycles. The van der Waals surface area contributed by atoms with Crippen molar-refractivity contribution in [2.24, 2.45) is 0 Å². The van der Waals surface area contributed by atoms with Crippen LogP contribution in [0.5, 0.6) is 0 Å². The van der Waals surface area contributed by atoms with Crippen molar-refractivity contribution < 1.29 is 17.7 Å². The minimum atomic E-state index is -3.10. The second-order valence-corrected chi connectivity index (χ2v) is 8.49. The van der Waals surface area contributed by atoms with Gasteiger partial charge in [0.2, 0.25) is 0 Å². The second kappa shape index (κ2) is 6.23. The van der Waals surface area contributed by atoms with Gasteiger partial charge in [0.1, 0.15) is 5.54 Å². The van der Waals surface area contributed by atoms with Gasteiger partial charge >= 0.3 is 6.03 Å². The summed E-state index contributed by atoms with van der Waals surface area (Å²) < 4.78 is 28.9. The summed E-state index contributed by atoms with van der Waals surface area (Å²) in [5.41, 5.74) is -0.837. The van der Waals surface area contributed by atoms with Crippen molar-refractivity contribution in [3.8, 4) is 0 Å². The van der Waals surface area contributed by atoms with E-state index in [1.54, 1.807) is 20.8 Å². The molecule has 0 radical (unpaired) electrons. The summed E-state index contributed by atoms with van der Waals surface area (Å²) in [5.74, 6) is 0.984. The fourth-order valence-electron chi connectivity index (χ4n) is 2.39. The van der Waals surface area contributed by atoms with Gasteiger partial charge in [-0.05, 0) is 33.6 Å². The van der Waals surface area contributed by atoms with E-state index >= 15 is 0 Å². The molecule has 0 aromatic carbocycles. The zero-order chi connectivity index (χ0) is 16.4. The molecule has 1 fully saturated rings. The van der Waals surface area contributed by atoms with Crippen molar-refractivity contribution in [3.05, 3.63) is 11.7 Å². The van der Waals surface area contributed by atoms with Crippen molar-refractivity contribution >= 4 is 15.9 Å². The van der Waals surface area contributed by atoms with Gasteiger partial charge in [0.05, 0.1) is 11.0 Å². The highest BCUT2D eigenvalue weighted by atomic mass is 32.2. The summed E-state index contributed by atoms with van der Waals surface area (Å²) in [4.78, 5) is 16.1. The molecule has 1 aliphatic rings. The molecule has 1 aromatic rings. The number of hydrogen-bond donors (Lipinski definition) is 2. The molecule has 1 aliphatic heterocycles. The van der Waals surface area contributed by atoms with E-state index < -0.39 is 26.7 Å². The summed E-state index contributed by atoms with van der Waals surface area (Å²) in [6.07, 6.45) is 2.17. The van der Waals surface area contributed by atoms with Crippen molar-refractivity contribution in [2.75, 3.05) is 12.3 Å². The van der Waals surface area contributed by atoms with Gasteiger partial charge in [-0.15, -0.1) is 0 Å². The molecule has 1 aromatic heterocycles. The minimum Gasteiger partial charge on any atom is -0.337 e. The summed E-state index contributed by atoms with van der Waals surface area (Å²) in [5, 5.41) is 8.53. The largest absolute Gasteiger partial charge is 0.337 e. The predicted molar refractivity (Wildman–Crippen MR) is 80.0 cm³/mol. The van der Waals surface area contributed by atoms with E-state index in [0.717, 1.165) is 6.42 Å². The number of carbonyl (C=O) groups is 1. The molecule has 2 amide bonds. The van der Waals surface area contributed by atoms with Crippen LogP contribution in [0.1, 0.15) is 44.8 Å². The van der Waals surface area contributed by atoms with Crippen LogP contribution in [0.2, 0.25) is 0 Å². The molecule has 124 valence electrons. The number of sulfone groups is 1. The normalized spacial score (nSPS) is 21.3. The maximum Gasteiger partial charge on any atom is 0.315 e. The minimum absolute atomic E-state index is 0.118. The van der Waals surface area contributed by atoms with Crippen LogP contribution in [0.4, 0.5) is 4.79 Å². The third kappa shape index (κ3) is 3.96. The number of nitrogens with one attached hydrogen (secondary N) is 2. The SMILES string of the molecule is Cc1noc(C(C)(C)NC(=O)NCC2CCCCS2(=O)=O)n1. The lowest BCUT2D eigenvalue weighted by atomic mass is 10.1. The predicted octanol–water partition coefficient (Wildman–Crippen LogP) is 0.880. The van der Waals surface area contributed by atoms with E-state index in [2.05, 4.69) is 20.8 Å². The Bertz CT molecular complexity index is 638. The average Bonchev–Trinajstić information content (AvgIpc) is 2.84. The lowest BCUT2D eigenvalue weighted by Gasteiger charge is -2.25. The number of aryl methyl sites for hydroxylation is 1. The molecule has 1 unspecified atom stereocenters. The first kappa shape index (κ1) is 16.7. The van der Waals surface area contributed by atoms with Crippen LogP contribution in [0.15, 0.2) is 4.52 Å². The number of nitrogens with zero attached hydrogens (tertiary/aromatic N) is 2. The van der Waals surface area contributed by atoms with Crippen LogP contribution in [0.3, 0.4) is 0 Å². The molecule has 0 spiro atoms. The second-order valence-electron chi connectivity index (χ2n) is 6.09. The van der Waals surface area contributed by atoms with Crippen LogP contribution >= 0.6 is 0 Å². The van der Waals surface area contributed by atoms with Gasteiger partial charge in [0.15, 0.2) is 15.7 Å². The molecule has 0 saturated carbocycles. The van der Waals surface area contributed by atoms with E-state index in [1.807, 2.05) is 0 Å². The van der Waals surface area contributed by atoms with Gasteiger partial charge in [-0.1, -0.05) is 11.6 Å². The van der Waals surface area contributed by atoms with E-state index in [-0.39, 0.29) is 12.3 Å².